The smallest absolute Gasteiger partial charge is 0.249 e. The van der Waals surface area contributed by atoms with Crippen LogP contribution in [0.2, 0.25) is 0 Å². The van der Waals surface area contributed by atoms with Crippen molar-refractivity contribution in [3.8, 4) is 11.5 Å². The molecule has 0 unspecified atom stereocenters. The third-order valence-corrected chi connectivity index (χ3v) is 7.57. The molecule has 1 saturated heterocycles. The summed E-state index contributed by atoms with van der Waals surface area (Å²) < 4.78 is 67.0. The lowest BCUT2D eigenvalue weighted by Crippen LogP contribution is -2.49. The van der Waals surface area contributed by atoms with Crippen molar-refractivity contribution in [3.63, 3.8) is 0 Å². The fourth-order valence-corrected chi connectivity index (χ4v) is 5.26. The number of aliphatic hydroxyl groups is 1. The highest BCUT2D eigenvalue weighted by Gasteiger charge is 2.41. The normalized spacial score (nSPS) is 16.1. The van der Waals surface area contributed by atoms with Gasteiger partial charge in [-0.3, -0.25) is 19.9 Å². The molecule has 0 spiro atoms. The maximum atomic E-state index is 15.8. The van der Waals surface area contributed by atoms with Gasteiger partial charge in [-0.1, -0.05) is 0 Å². The van der Waals surface area contributed by atoms with Crippen LogP contribution in [0, 0.1) is 22.9 Å². The maximum Gasteiger partial charge on any atom is 0.249 e. The first kappa shape index (κ1) is 29.5. The second kappa shape index (κ2) is 12.8. The number of ether oxygens (including phenoxy) is 2. The van der Waals surface area contributed by atoms with Crippen LogP contribution < -0.4 is 15.0 Å². The molecule has 216 valence electrons. The van der Waals surface area contributed by atoms with Crippen molar-refractivity contribution >= 4 is 16.8 Å². The number of amides is 1. The minimum atomic E-state index is -1.53. The first-order valence-electron chi connectivity index (χ1n) is 12.9. The van der Waals surface area contributed by atoms with Gasteiger partial charge < -0.3 is 14.6 Å². The van der Waals surface area contributed by atoms with E-state index in [0.717, 1.165) is 0 Å². The molecule has 2 heterocycles. The van der Waals surface area contributed by atoms with Crippen molar-refractivity contribution in [2.24, 2.45) is 5.41 Å². The van der Waals surface area contributed by atoms with E-state index < -0.39 is 47.3 Å². The minimum absolute atomic E-state index is 0.0526. The lowest BCUT2D eigenvalue weighted by atomic mass is 9.73. The van der Waals surface area contributed by atoms with Crippen LogP contribution in [0.5, 0.6) is 11.5 Å². The summed E-state index contributed by atoms with van der Waals surface area (Å²) in [6, 6.07) is 6.13. The SMILES string of the molecule is COc1ccc2ncc(CO)c([C@H](F)CCC3(C(=O)NO)CCN(CCOc4c(F)cc(F)cc4F)CC3)c2c1. The molecular formula is C28H31F4N3O5. The van der Waals surface area contributed by atoms with Crippen LogP contribution in [0.15, 0.2) is 36.5 Å². The number of alkyl halides is 1. The average Bonchev–Trinajstić information content (AvgIpc) is 2.96. The Balaban J connectivity index is 1.42. The summed E-state index contributed by atoms with van der Waals surface area (Å²) in [4.78, 5) is 19.0. The van der Waals surface area contributed by atoms with Crippen LogP contribution in [0.3, 0.4) is 0 Å². The number of fused-ring (bicyclic) bond motifs is 1. The molecule has 0 saturated carbocycles. The van der Waals surface area contributed by atoms with Crippen molar-refractivity contribution in [3.05, 3.63) is 65.1 Å². The van der Waals surface area contributed by atoms with E-state index in [-0.39, 0.29) is 31.6 Å². The molecule has 1 aliphatic rings. The van der Waals surface area contributed by atoms with E-state index in [1.807, 2.05) is 4.90 Å². The van der Waals surface area contributed by atoms with Crippen molar-refractivity contribution in [2.45, 2.75) is 38.5 Å². The number of pyridine rings is 1. The van der Waals surface area contributed by atoms with Crippen LogP contribution in [-0.4, -0.2) is 59.5 Å². The highest BCUT2D eigenvalue weighted by atomic mass is 19.1. The van der Waals surface area contributed by atoms with Gasteiger partial charge in [-0.25, -0.2) is 23.0 Å². The molecule has 3 aromatic rings. The molecular weight excluding hydrogens is 534 g/mol. The van der Waals surface area contributed by atoms with E-state index in [0.29, 0.717) is 60.3 Å². The second-order valence-electron chi connectivity index (χ2n) is 9.85. The Hall–Kier alpha value is -3.48. The highest BCUT2D eigenvalue weighted by molar-refractivity contribution is 5.85. The predicted molar refractivity (Wildman–Crippen MR) is 137 cm³/mol. The quantitative estimate of drug-likeness (QED) is 0.177. The van der Waals surface area contributed by atoms with Crippen molar-refractivity contribution < 1.29 is 42.1 Å². The zero-order valence-corrected chi connectivity index (χ0v) is 21.9. The van der Waals surface area contributed by atoms with Crippen LogP contribution in [0.25, 0.3) is 10.9 Å². The molecule has 1 aromatic heterocycles. The molecule has 1 atom stereocenters. The molecule has 0 radical (unpaired) electrons. The number of aromatic nitrogens is 1. The Labute approximate surface area is 228 Å². The van der Waals surface area contributed by atoms with Crippen molar-refractivity contribution in [1.29, 1.82) is 0 Å². The maximum absolute atomic E-state index is 15.8. The van der Waals surface area contributed by atoms with Gasteiger partial charge in [0, 0.05) is 41.4 Å². The van der Waals surface area contributed by atoms with E-state index in [2.05, 4.69) is 4.98 Å². The molecule has 40 heavy (non-hydrogen) atoms. The van der Waals surface area contributed by atoms with E-state index in [1.54, 1.807) is 23.7 Å². The van der Waals surface area contributed by atoms with E-state index in [4.69, 9.17) is 9.47 Å². The topological polar surface area (TPSA) is 104 Å². The molecule has 3 N–H and O–H groups in total. The predicted octanol–water partition coefficient (Wildman–Crippen LogP) is 4.61. The summed E-state index contributed by atoms with van der Waals surface area (Å²) in [5.41, 5.74) is 1.81. The van der Waals surface area contributed by atoms with Gasteiger partial charge in [-0.2, -0.15) is 0 Å². The Bertz CT molecular complexity index is 1320. The van der Waals surface area contributed by atoms with Crippen LogP contribution >= 0.6 is 0 Å². The summed E-state index contributed by atoms with van der Waals surface area (Å²) >= 11 is 0. The van der Waals surface area contributed by atoms with E-state index in [1.165, 1.54) is 13.3 Å². The summed E-state index contributed by atoms with van der Waals surface area (Å²) in [6.07, 6.45) is 0.553. The van der Waals surface area contributed by atoms with E-state index >= 15 is 4.39 Å². The summed E-state index contributed by atoms with van der Waals surface area (Å²) in [6.45, 7) is 0.566. The molecule has 1 amide bonds. The number of likely N-dealkylation sites (tertiary alicyclic amines) is 1. The Morgan fingerprint density at radius 2 is 1.88 bits per heavy atom. The summed E-state index contributed by atoms with van der Waals surface area (Å²) in [5.74, 6) is -4.09. The van der Waals surface area contributed by atoms with Gasteiger partial charge in [0.2, 0.25) is 5.91 Å². The third-order valence-electron chi connectivity index (χ3n) is 7.57. The molecule has 1 aliphatic heterocycles. The van der Waals surface area contributed by atoms with E-state index in [9.17, 15) is 28.3 Å². The Morgan fingerprint density at radius 3 is 2.50 bits per heavy atom. The number of methoxy groups -OCH3 is 1. The molecule has 0 bridgehead atoms. The van der Waals surface area contributed by atoms with Crippen LogP contribution in [-0.2, 0) is 11.4 Å². The summed E-state index contributed by atoms with van der Waals surface area (Å²) in [5, 5.41) is 19.8. The highest BCUT2D eigenvalue weighted by Crippen LogP contribution is 2.41. The number of piperidine rings is 1. The fraction of sp³-hybridized carbons (Fsp3) is 0.429. The third kappa shape index (κ3) is 6.29. The number of nitrogens with zero attached hydrogens (tertiary/aromatic N) is 2. The minimum Gasteiger partial charge on any atom is -0.497 e. The number of aliphatic hydroxyl groups excluding tert-OH is 1. The number of carbonyl (C=O) groups is 1. The molecule has 2 aromatic carbocycles. The largest absolute Gasteiger partial charge is 0.497 e. The lowest BCUT2D eigenvalue weighted by Gasteiger charge is -2.40. The molecule has 8 nitrogen and oxygen atoms in total. The van der Waals surface area contributed by atoms with Crippen LogP contribution in [0.4, 0.5) is 17.6 Å². The Morgan fingerprint density at radius 1 is 1.18 bits per heavy atom. The lowest BCUT2D eigenvalue weighted by molar-refractivity contribution is -0.143. The summed E-state index contributed by atoms with van der Waals surface area (Å²) in [7, 11) is 1.49. The number of hydrogen-bond donors (Lipinski definition) is 3. The zero-order chi connectivity index (χ0) is 28.9. The van der Waals surface area contributed by atoms with Crippen molar-refractivity contribution in [2.75, 3.05) is 33.4 Å². The number of hydroxylamine groups is 1. The number of rotatable bonds is 11. The molecule has 1 fully saturated rings. The van der Waals surface area contributed by atoms with Gasteiger partial charge >= 0.3 is 0 Å². The molecule has 0 aliphatic carbocycles. The van der Waals surface area contributed by atoms with Gasteiger partial charge in [0.05, 0.1) is 24.6 Å². The van der Waals surface area contributed by atoms with Crippen LogP contribution in [0.1, 0.15) is 43.0 Å². The van der Waals surface area contributed by atoms with Gasteiger partial charge in [-0.15, -0.1) is 0 Å². The molecule has 12 heteroatoms. The fourth-order valence-electron chi connectivity index (χ4n) is 5.26. The van der Waals surface area contributed by atoms with Gasteiger partial charge in [0.1, 0.15) is 24.3 Å². The standard InChI is InChI=1S/C28H31F4N3O5/c1-39-19-2-3-24-20(14-19)25(17(16-36)15-33-24)21(30)4-5-28(27(37)34-38)6-8-35(9-7-28)10-11-40-26-22(31)12-18(29)13-23(26)32/h2-3,12-15,21,36,38H,4-11,16H2,1H3,(H,34,37)/t21-/m1/s1. The number of nitrogens with one attached hydrogen (secondary N) is 1. The monoisotopic (exact) mass is 565 g/mol. The Kier molecular flexibility index (Phi) is 9.44. The second-order valence-corrected chi connectivity index (χ2v) is 9.85. The average molecular weight is 566 g/mol. The van der Waals surface area contributed by atoms with Crippen molar-refractivity contribution in [1.82, 2.24) is 15.4 Å². The number of hydrogen-bond acceptors (Lipinski definition) is 7. The number of carbonyl (C=O) groups excluding carboxylic acids is 1. The van der Waals surface area contributed by atoms with Gasteiger partial charge in [-0.05, 0) is 57.0 Å². The van der Waals surface area contributed by atoms with Gasteiger partial charge in [0.15, 0.2) is 17.4 Å². The molecule has 4 rings (SSSR count). The number of halogens is 4. The first-order valence-corrected chi connectivity index (χ1v) is 12.9. The first-order chi connectivity index (χ1) is 19.2. The van der Waals surface area contributed by atoms with Gasteiger partial charge in [0.25, 0.3) is 0 Å². The number of benzene rings is 2. The zero-order valence-electron chi connectivity index (χ0n) is 21.9.